The van der Waals surface area contributed by atoms with Crippen LogP contribution >= 0.6 is 0 Å². The second-order valence-corrected chi connectivity index (χ2v) is 10.0. The molecule has 1 saturated heterocycles. The van der Waals surface area contributed by atoms with E-state index in [1.165, 1.54) is 16.4 Å². The van der Waals surface area contributed by atoms with Gasteiger partial charge in [0.05, 0.1) is 4.90 Å². The largest absolute Gasteiger partial charge is 0.349 e. The van der Waals surface area contributed by atoms with Crippen molar-refractivity contribution < 1.29 is 18.0 Å². The molecule has 1 unspecified atom stereocenters. The maximum atomic E-state index is 13.2. The molecule has 176 valence electrons. The molecule has 1 heterocycles. The van der Waals surface area contributed by atoms with E-state index < -0.39 is 10.0 Å². The predicted octanol–water partition coefficient (Wildman–Crippen LogP) is 3.13. The van der Waals surface area contributed by atoms with E-state index in [9.17, 15) is 18.0 Å². The number of hydrogen-bond donors (Lipinski definition) is 3. The first-order valence-corrected chi connectivity index (χ1v) is 12.3. The highest BCUT2D eigenvalue weighted by Gasteiger charge is 2.30. The molecule has 0 aromatic heterocycles. The fourth-order valence-corrected chi connectivity index (χ4v) is 5.28. The number of nitrogens with one attached hydrogen (secondary N) is 3. The molecule has 2 aromatic carbocycles. The molecular formula is C24H30N4O4S. The summed E-state index contributed by atoms with van der Waals surface area (Å²) in [4.78, 5) is 24.5. The Labute approximate surface area is 195 Å². The zero-order valence-electron chi connectivity index (χ0n) is 18.7. The molecule has 1 atom stereocenters. The highest BCUT2D eigenvalue weighted by Crippen LogP contribution is 2.24. The minimum absolute atomic E-state index is 0.00337. The van der Waals surface area contributed by atoms with Gasteiger partial charge in [-0.1, -0.05) is 29.8 Å². The molecule has 0 aliphatic carbocycles. The maximum absolute atomic E-state index is 13.2. The average Bonchev–Trinajstić information content (AvgIpc) is 2.83. The first kappa shape index (κ1) is 24.5. The van der Waals surface area contributed by atoms with E-state index in [2.05, 4.69) is 22.5 Å². The molecule has 3 amide bonds. The van der Waals surface area contributed by atoms with E-state index in [4.69, 9.17) is 0 Å². The molecule has 1 aliphatic rings. The van der Waals surface area contributed by atoms with Gasteiger partial charge >= 0.3 is 6.03 Å². The molecule has 2 aromatic rings. The number of piperidine rings is 1. The van der Waals surface area contributed by atoms with Gasteiger partial charge in [0.25, 0.3) is 5.91 Å². The summed E-state index contributed by atoms with van der Waals surface area (Å²) >= 11 is 0. The highest BCUT2D eigenvalue weighted by atomic mass is 32.2. The van der Waals surface area contributed by atoms with Gasteiger partial charge in [-0.25, -0.2) is 13.2 Å². The molecule has 0 saturated carbocycles. The van der Waals surface area contributed by atoms with Gasteiger partial charge in [0.1, 0.15) is 0 Å². The second-order valence-electron chi connectivity index (χ2n) is 8.10. The van der Waals surface area contributed by atoms with Gasteiger partial charge in [-0.3, -0.25) is 4.79 Å². The van der Waals surface area contributed by atoms with Crippen LogP contribution in [0.2, 0.25) is 0 Å². The smallest absolute Gasteiger partial charge is 0.319 e. The number of benzene rings is 2. The van der Waals surface area contributed by atoms with Crippen molar-refractivity contribution in [3.63, 3.8) is 0 Å². The summed E-state index contributed by atoms with van der Waals surface area (Å²) in [7, 11) is -3.76. The van der Waals surface area contributed by atoms with Crippen LogP contribution < -0.4 is 16.0 Å². The topological polar surface area (TPSA) is 108 Å². The van der Waals surface area contributed by atoms with Crippen molar-refractivity contribution in [3.05, 3.63) is 72.3 Å². The Hall–Kier alpha value is -3.17. The number of nitrogens with zero attached hydrogens (tertiary/aromatic N) is 1. The lowest BCUT2D eigenvalue weighted by Crippen LogP contribution is -2.44. The second kappa shape index (κ2) is 11.1. The van der Waals surface area contributed by atoms with E-state index in [0.29, 0.717) is 38.3 Å². The lowest BCUT2D eigenvalue weighted by Gasteiger charge is -2.32. The number of aryl methyl sites for hydroxylation is 1. The van der Waals surface area contributed by atoms with Crippen LogP contribution in [0.1, 0.15) is 28.8 Å². The SMILES string of the molecule is C=CCNC(=O)c1cccc(S(=O)(=O)N2CCCC(CNC(=O)Nc3ccc(C)cc3)C2)c1. The van der Waals surface area contributed by atoms with E-state index in [1.807, 2.05) is 31.2 Å². The summed E-state index contributed by atoms with van der Waals surface area (Å²) < 4.78 is 27.8. The molecule has 33 heavy (non-hydrogen) atoms. The van der Waals surface area contributed by atoms with E-state index >= 15 is 0 Å². The van der Waals surface area contributed by atoms with Crippen LogP contribution in [-0.2, 0) is 10.0 Å². The molecule has 3 N–H and O–H groups in total. The van der Waals surface area contributed by atoms with Gasteiger partial charge in [-0.15, -0.1) is 6.58 Å². The van der Waals surface area contributed by atoms with E-state index in [1.54, 1.807) is 18.2 Å². The Bertz CT molecular complexity index is 1100. The van der Waals surface area contributed by atoms with Gasteiger partial charge in [-0.2, -0.15) is 4.31 Å². The lowest BCUT2D eigenvalue weighted by atomic mass is 10.00. The summed E-state index contributed by atoms with van der Waals surface area (Å²) in [5.74, 6) is -0.358. The van der Waals surface area contributed by atoms with Crippen LogP contribution in [0.15, 0.2) is 66.1 Å². The number of rotatable bonds is 8. The molecule has 3 rings (SSSR count). The van der Waals surface area contributed by atoms with Crippen LogP contribution in [-0.4, -0.2) is 50.8 Å². The number of carbonyl (C=O) groups is 2. The number of sulfonamides is 1. The average molecular weight is 471 g/mol. The van der Waals surface area contributed by atoms with Crippen LogP contribution in [0.4, 0.5) is 10.5 Å². The molecule has 1 fully saturated rings. The van der Waals surface area contributed by atoms with Crippen molar-refractivity contribution in [2.45, 2.75) is 24.7 Å². The predicted molar refractivity (Wildman–Crippen MR) is 129 cm³/mol. The molecule has 0 spiro atoms. The number of carbonyl (C=O) groups excluding carboxylic acids is 2. The van der Waals surface area contributed by atoms with Gasteiger partial charge in [0.15, 0.2) is 0 Å². The number of hydrogen-bond acceptors (Lipinski definition) is 4. The third-order valence-corrected chi connectivity index (χ3v) is 7.34. The molecule has 1 aliphatic heterocycles. The van der Waals surface area contributed by atoms with Crippen molar-refractivity contribution in [3.8, 4) is 0 Å². The summed E-state index contributed by atoms with van der Waals surface area (Å²) in [6, 6.07) is 13.2. The third-order valence-electron chi connectivity index (χ3n) is 5.48. The minimum atomic E-state index is -3.76. The summed E-state index contributed by atoms with van der Waals surface area (Å²) in [5, 5.41) is 8.27. The van der Waals surface area contributed by atoms with E-state index in [-0.39, 0.29) is 28.3 Å². The van der Waals surface area contributed by atoms with Gasteiger partial charge in [0.2, 0.25) is 10.0 Å². The zero-order valence-corrected chi connectivity index (χ0v) is 19.5. The Balaban J connectivity index is 1.59. The van der Waals surface area contributed by atoms with Gasteiger partial charge in [0, 0.05) is 37.4 Å². The lowest BCUT2D eigenvalue weighted by molar-refractivity contribution is 0.0957. The zero-order chi connectivity index (χ0) is 23.8. The van der Waals surface area contributed by atoms with Crippen molar-refractivity contribution >= 4 is 27.6 Å². The summed E-state index contributed by atoms with van der Waals surface area (Å²) in [5.41, 5.74) is 2.08. The number of anilines is 1. The Kier molecular flexibility index (Phi) is 8.24. The Morgan fingerprint density at radius 1 is 1.15 bits per heavy atom. The Morgan fingerprint density at radius 3 is 2.64 bits per heavy atom. The summed E-state index contributed by atoms with van der Waals surface area (Å²) in [6.07, 6.45) is 3.08. The normalized spacial score (nSPS) is 16.6. The number of urea groups is 1. The molecule has 8 nitrogen and oxygen atoms in total. The van der Waals surface area contributed by atoms with Crippen molar-refractivity contribution in [2.24, 2.45) is 5.92 Å². The third kappa shape index (κ3) is 6.66. The minimum Gasteiger partial charge on any atom is -0.349 e. The monoisotopic (exact) mass is 470 g/mol. The first-order chi connectivity index (χ1) is 15.8. The summed E-state index contributed by atoms with van der Waals surface area (Å²) in [6.45, 7) is 6.90. The van der Waals surface area contributed by atoms with Crippen molar-refractivity contribution in [2.75, 3.05) is 31.5 Å². The fourth-order valence-electron chi connectivity index (χ4n) is 3.67. The van der Waals surface area contributed by atoms with Crippen LogP contribution in [0.25, 0.3) is 0 Å². The fraction of sp³-hybridized carbons (Fsp3) is 0.333. The number of amides is 3. The van der Waals surface area contributed by atoms with Crippen molar-refractivity contribution in [1.29, 1.82) is 0 Å². The molecule has 0 radical (unpaired) electrons. The van der Waals surface area contributed by atoms with Gasteiger partial charge in [-0.05, 0) is 56.0 Å². The Morgan fingerprint density at radius 2 is 1.91 bits per heavy atom. The van der Waals surface area contributed by atoms with E-state index in [0.717, 1.165) is 12.0 Å². The van der Waals surface area contributed by atoms with Crippen molar-refractivity contribution in [1.82, 2.24) is 14.9 Å². The molecule has 9 heteroatoms. The first-order valence-electron chi connectivity index (χ1n) is 10.9. The molecule has 0 bridgehead atoms. The quantitative estimate of drug-likeness (QED) is 0.515. The van der Waals surface area contributed by atoms with Gasteiger partial charge < -0.3 is 16.0 Å². The van der Waals surface area contributed by atoms with Crippen LogP contribution in [0, 0.1) is 12.8 Å². The van der Waals surface area contributed by atoms with Crippen LogP contribution in [0.5, 0.6) is 0 Å². The highest BCUT2D eigenvalue weighted by molar-refractivity contribution is 7.89. The maximum Gasteiger partial charge on any atom is 0.319 e. The van der Waals surface area contributed by atoms with Crippen LogP contribution in [0.3, 0.4) is 0 Å². The molecular weight excluding hydrogens is 440 g/mol. The standard InChI is InChI=1S/C24H30N4O4S/c1-3-13-25-23(29)20-7-4-8-22(15-20)33(31,32)28-14-5-6-19(17-28)16-26-24(30)27-21-11-9-18(2)10-12-21/h3-4,7-12,15,19H,1,5-6,13-14,16-17H2,2H3,(H,25,29)(H2,26,27,30).